The summed E-state index contributed by atoms with van der Waals surface area (Å²) < 4.78 is 46.0. The van der Waals surface area contributed by atoms with Crippen LogP contribution in [0.3, 0.4) is 0 Å². The van der Waals surface area contributed by atoms with Crippen LogP contribution in [-0.4, -0.2) is 11.2 Å². The largest absolute Gasteiger partial charge is 0.491 e. The van der Waals surface area contributed by atoms with E-state index in [1.54, 1.807) is 30.1 Å². The molecule has 1 heterocycles. The van der Waals surface area contributed by atoms with E-state index >= 15 is 0 Å². The zero-order chi connectivity index (χ0) is 15.6. The summed E-state index contributed by atoms with van der Waals surface area (Å²) in [5.41, 5.74) is 0.274. The molecule has 0 aliphatic heterocycles. The standard InChI is InChI=1S/C15H14F3NOS/c1-3-20-13-9-19(2)8-12(14(13)21)10-5-4-6-11(7-10)15(16,17)18/h4-9H,3H2,1-2H3. The molecule has 21 heavy (non-hydrogen) atoms. The van der Waals surface area contributed by atoms with Crippen LogP contribution in [0.5, 0.6) is 5.75 Å². The quantitative estimate of drug-likeness (QED) is 0.753. The molecular formula is C15H14F3NOS. The third kappa shape index (κ3) is 3.44. The molecule has 112 valence electrons. The van der Waals surface area contributed by atoms with Gasteiger partial charge in [-0.25, -0.2) is 0 Å². The molecule has 2 aromatic rings. The second-order valence-electron chi connectivity index (χ2n) is 4.54. The molecule has 2 nitrogen and oxygen atoms in total. The van der Waals surface area contributed by atoms with Crippen molar-refractivity contribution in [1.82, 2.24) is 4.57 Å². The number of alkyl halides is 3. The van der Waals surface area contributed by atoms with Gasteiger partial charge in [0, 0.05) is 25.0 Å². The fraction of sp³-hybridized carbons (Fsp3) is 0.267. The van der Waals surface area contributed by atoms with Crippen molar-refractivity contribution >= 4 is 12.2 Å². The van der Waals surface area contributed by atoms with Gasteiger partial charge >= 0.3 is 6.18 Å². The first kappa shape index (κ1) is 15.6. The minimum absolute atomic E-state index is 0.411. The maximum absolute atomic E-state index is 12.8. The molecule has 0 unspecified atom stereocenters. The summed E-state index contributed by atoms with van der Waals surface area (Å²) in [6.45, 7) is 2.27. The first-order valence-corrected chi connectivity index (χ1v) is 6.74. The van der Waals surface area contributed by atoms with E-state index in [1.807, 2.05) is 6.92 Å². The molecule has 0 fully saturated rings. The average molecular weight is 313 g/mol. The van der Waals surface area contributed by atoms with Crippen LogP contribution >= 0.6 is 12.2 Å². The molecular weight excluding hydrogens is 299 g/mol. The highest BCUT2D eigenvalue weighted by Gasteiger charge is 2.30. The molecule has 0 N–H and O–H groups in total. The lowest BCUT2D eigenvalue weighted by atomic mass is 10.0. The third-order valence-corrected chi connectivity index (χ3v) is 3.34. The smallest absolute Gasteiger partial charge is 0.416 e. The second kappa shape index (κ2) is 5.89. The minimum atomic E-state index is -4.38. The van der Waals surface area contributed by atoms with Crippen molar-refractivity contribution in [2.75, 3.05) is 6.61 Å². The Morgan fingerprint density at radius 1 is 1.24 bits per heavy atom. The molecule has 1 aromatic carbocycles. The van der Waals surface area contributed by atoms with Crippen molar-refractivity contribution in [3.63, 3.8) is 0 Å². The molecule has 0 amide bonds. The predicted molar refractivity (Wildman–Crippen MR) is 77.9 cm³/mol. The summed E-state index contributed by atoms with van der Waals surface area (Å²) in [5.74, 6) is 0.491. The van der Waals surface area contributed by atoms with Crippen molar-refractivity contribution in [3.05, 3.63) is 46.7 Å². The number of aryl methyl sites for hydroxylation is 1. The first-order valence-electron chi connectivity index (χ1n) is 6.33. The Morgan fingerprint density at radius 3 is 2.57 bits per heavy atom. The lowest BCUT2D eigenvalue weighted by Gasteiger charge is -2.12. The van der Waals surface area contributed by atoms with Crippen LogP contribution in [-0.2, 0) is 13.2 Å². The minimum Gasteiger partial charge on any atom is -0.491 e. The van der Waals surface area contributed by atoms with Crippen molar-refractivity contribution in [3.8, 4) is 16.9 Å². The normalized spacial score (nSPS) is 11.5. The Labute approximate surface area is 125 Å². The lowest BCUT2D eigenvalue weighted by Crippen LogP contribution is -2.05. The topological polar surface area (TPSA) is 14.2 Å². The van der Waals surface area contributed by atoms with Gasteiger partial charge in [0.2, 0.25) is 0 Å². The van der Waals surface area contributed by atoms with E-state index in [0.717, 1.165) is 12.1 Å². The summed E-state index contributed by atoms with van der Waals surface area (Å²) in [6.07, 6.45) is -0.972. The molecule has 0 aliphatic rings. The Kier molecular flexibility index (Phi) is 4.37. The fourth-order valence-electron chi connectivity index (χ4n) is 2.00. The summed E-state index contributed by atoms with van der Waals surface area (Å²) in [6, 6.07) is 5.12. The number of hydrogen-bond acceptors (Lipinski definition) is 2. The van der Waals surface area contributed by atoms with Gasteiger partial charge in [0.05, 0.1) is 16.7 Å². The van der Waals surface area contributed by atoms with Crippen LogP contribution in [0.25, 0.3) is 11.1 Å². The highest BCUT2D eigenvalue weighted by molar-refractivity contribution is 7.71. The summed E-state index contributed by atoms with van der Waals surface area (Å²) in [7, 11) is 1.77. The van der Waals surface area contributed by atoms with E-state index in [0.29, 0.717) is 28.0 Å². The van der Waals surface area contributed by atoms with Gasteiger partial charge in [-0.15, -0.1) is 0 Å². The molecule has 0 saturated heterocycles. The SMILES string of the molecule is CCOc1cn(C)cc(-c2cccc(C(F)(F)F)c2)c1=S. The van der Waals surface area contributed by atoms with Gasteiger partial charge in [-0.2, -0.15) is 13.2 Å². The van der Waals surface area contributed by atoms with Crippen LogP contribution in [0.4, 0.5) is 13.2 Å². The molecule has 0 radical (unpaired) electrons. The van der Waals surface area contributed by atoms with E-state index in [1.165, 1.54) is 6.07 Å². The molecule has 0 aliphatic carbocycles. The summed E-state index contributed by atoms with van der Waals surface area (Å²) in [4.78, 5) is 0. The molecule has 0 atom stereocenters. The molecule has 0 saturated carbocycles. The van der Waals surface area contributed by atoms with Gasteiger partial charge in [0.15, 0.2) is 5.75 Å². The van der Waals surface area contributed by atoms with E-state index in [2.05, 4.69) is 0 Å². The highest BCUT2D eigenvalue weighted by Crippen LogP contribution is 2.33. The highest BCUT2D eigenvalue weighted by atomic mass is 32.1. The maximum Gasteiger partial charge on any atom is 0.416 e. The molecule has 0 spiro atoms. The van der Waals surface area contributed by atoms with Gasteiger partial charge in [-0.3, -0.25) is 0 Å². The van der Waals surface area contributed by atoms with E-state index in [9.17, 15) is 13.2 Å². The lowest BCUT2D eigenvalue weighted by molar-refractivity contribution is -0.137. The van der Waals surface area contributed by atoms with E-state index in [-0.39, 0.29) is 0 Å². The van der Waals surface area contributed by atoms with Gasteiger partial charge in [0.1, 0.15) is 0 Å². The second-order valence-corrected chi connectivity index (χ2v) is 4.95. The fourth-order valence-corrected chi connectivity index (χ4v) is 2.29. The van der Waals surface area contributed by atoms with Crippen LogP contribution in [0, 0.1) is 4.51 Å². The number of nitrogens with zero attached hydrogens (tertiary/aromatic N) is 1. The maximum atomic E-state index is 12.8. The van der Waals surface area contributed by atoms with Gasteiger partial charge < -0.3 is 9.30 Å². The van der Waals surface area contributed by atoms with Crippen LogP contribution in [0.1, 0.15) is 12.5 Å². The number of pyridine rings is 1. The Morgan fingerprint density at radius 2 is 1.95 bits per heavy atom. The van der Waals surface area contributed by atoms with Gasteiger partial charge in [-0.1, -0.05) is 24.4 Å². The van der Waals surface area contributed by atoms with Crippen molar-refractivity contribution in [2.24, 2.45) is 7.05 Å². The number of halogens is 3. The zero-order valence-corrected chi connectivity index (χ0v) is 12.4. The number of hydrogen-bond donors (Lipinski definition) is 0. The van der Waals surface area contributed by atoms with Crippen LogP contribution < -0.4 is 4.74 Å². The monoisotopic (exact) mass is 313 g/mol. The zero-order valence-electron chi connectivity index (χ0n) is 11.6. The first-order chi connectivity index (χ1) is 9.82. The number of benzene rings is 1. The number of ether oxygens (including phenoxy) is 1. The molecule has 1 aromatic heterocycles. The van der Waals surface area contributed by atoms with Crippen molar-refractivity contribution in [1.29, 1.82) is 0 Å². The molecule has 0 bridgehead atoms. The van der Waals surface area contributed by atoms with Crippen molar-refractivity contribution < 1.29 is 17.9 Å². The van der Waals surface area contributed by atoms with Crippen molar-refractivity contribution in [2.45, 2.75) is 13.1 Å². The Bertz CT molecular complexity index is 707. The van der Waals surface area contributed by atoms with E-state index < -0.39 is 11.7 Å². The predicted octanol–water partition coefficient (Wildman–Crippen LogP) is 4.84. The summed E-state index contributed by atoms with van der Waals surface area (Å²) >= 11 is 5.32. The number of rotatable bonds is 3. The average Bonchev–Trinajstić information content (AvgIpc) is 2.42. The van der Waals surface area contributed by atoms with Crippen LogP contribution in [0.2, 0.25) is 0 Å². The molecule has 6 heteroatoms. The Balaban J connectivity index is 2.59. The third-order valence-electron chi connectivity index (χ3n) is 2.92. The van der Waals surface area contributed by atoms with E-state index in [4.69, 9.17) is 17.0 Å². The number of aromatic nitrogens is 1. The Hall–Kier alpha value is -1.82. The van der Waals surface area contributed by atoms with Crippen LogP contribution in [0.15, 0.2) is 36.7 Å². The molecule has 2 rings (SSSR count). The van der Waals surface area contributed by atoms with Gasteiger partial charge in [-0.05, 0) is 24.6 Å². The summed E-state index contributed by atoms with van der Waals surface area (Å²) in [5, 5.41) is 0. The van der Waals surface area contributed by atoms with Gasteiger partial charge in [0.25, 0.3) is 0 Å².